The van der Waals surface area contributed by atoms with Gasteiger partial charge < -0.3 is 15.3 Å². The van der Waals surface area contributed by atoms with E-state index in [1.54, 1.807) is 32.0 Å². The molecule has 1 aromatic rings. The summed E-state index contributed by atoms with van der Waals surface area (Å²) in [6.45, 7) is 1.91. The van der Waals surface area contributed by atoms with Crippen molar-refractivity contribution in [1.82, 2.24) is 4.90 Å². The van der Waals surface area contributed by atoms with Crippen molar-refractivity contribution in [2.24, 2.45) is 0 Å². The lowest BCUT2D eigenvalue weighted by atomic mass is 10.1. The first-order valence-corrected chi connectivity index (χ1v) is 5.75. The molecule has 0 aliphatic heterocycles. The minimum Gasteiger partial charge on any atom is -0.387 e. The normalized spacial score (nSPS) is 14.0. The second-order valence-corrected chi connectivity index (χ2v) is 5.01. The van der Waals surface area contributed by atoms with Crippen LogP contribution >= 0.6 is 0 Å². The number of nitriles is 1. The second-order valence-electron chi connectivity index (χ2n) is 5.01. The number of benzene rings is 1. The van der Waals surface area contributed by atoms with Crippen molar-refractivity contribution >= 4 is 5.69 Å². The lowest BCUT2D eigenvalue weighted by Gasteiger charge is -2.27. The van der Waals surface area contributed by atoms with Gasteiger partial charge in [-0.3, -0.25) is 0 Å². The maximum atomic E-state index is 13.6. The van der Waals surface area contributed by atoms with Gasteiger partial charge in [-0.1, -0.05) is 0 Å². The number of hydrogen-bond acceptors (Lipinski definition) is 4. The molecule has 0 fully saturated rings. The van der Waals surface area contributed by atoms with Gasteiger partial charge in [-0.15, -0.1) is 0 Å². The van der Waals surface area contributed by atoms with Crippen molar-refractivity contribution in [3.05, 3.63) is 29.3 Å². The summed E-state index contributed by atoms with van der Waals surface area (Å²) in [4.78, 5) is 1.77. The number of nitrogens with zero attached hydrogens (tertiary/aromatic N) is 2. The van der Waals surface area contributed by atoms with Crippen LogP contribution in [0.5, 0.6) is 0 Å². The Morgan fingerprint density at radius 2 is 1.89 bits per heavy atom. The third kappa shape index (κ3) is 4.47. The van der Waals surface area contributed by atoms with Crippen molar-refractivity contribution < 1.29 is 13.9 Å². The van der Waals surface area contributed by atoms with Crippen molar-refractivity contribution in [3.63, 3.8) is 0 Å². The Balaban J connectivity index is 2.82. The van der Waals surface area contributed by atoms with Gasteiger partial charge in [-0.25, -0.2) is 8.78 Å². The topological polar surface area (TPSA) is 59.3 Å². The Bertz CT molecular complexity index is 472. The molecule has 104 valence electrons. The van der Waals surface area contributed by atoms with Gasteiger partial charge in [0, 0.05) is 13.1 Å². The van der Waals surface area contributed by atoms with Crippen LogP contribution in [-0.2, 0) is 0 Å². The fraction of sp³-hybridized carbons (Fsp3) is 0.462. The Hall–Kier alpha value is -1.71. The summed E-state index contributed by atoms with van der Waals surface area (Å²) in [5, 5.41) is 21.2. The first-order chi connectivity index (χ1) is 8.75. The standard InChI is InChI=1S/C13H17F2N3O/c1-13(19,8-18(2)3)7-17-12-10(14)4-9(6-16)5-11(12)15/h4-5,17,19H,7-8H2,1-3H3. The molecular formula is C13H17F2N3O. The van der Waals surface area contributed by atoms with E-state index < -0.39 is 17.2 Å². The molecule has 2 N–H and O–H groups in total. The Kier molecular flexibility index (Phi) is 4.81. The molecule has 0 aliphatic carbocycles. The van der Waals surface area contributed by atoms with E-state index in [9.17, 15) is 13.9 Å². The van der Waals surface area contributed by atoms with Gasteiger partial charge in [0.1, 0.15) is 5.69 Å². The van der Waals surface area contributed by atoms with Crippen LogP contribution in [0.3, 0.4) is 0 Å². The molecule has 0 aromatic heterocycles. The molecule has 4 nitrogen and oxygen atoms in total. The van der Waals surface area contributed by atoms with Crippen LogP contribution in [-0.4, -0.2) is 42.8 Å². The van der Waals surface area contributed by atoms with Crippen LogP contribution in [0.2, 0.25) is 0 Å². The van der Waals surface area contributed by atoms with E-state index >= 15 is 0 Å². The van der Waals surface area contributed by atoms with Crippen LogP contribution in [0.15, 0.2) is 12.1 Å². The Morgan fingerprint density at radius 1 is 1.37 bits per heavy atom. The monoisotopic (exact) mass is 269 g/mol. The van der Waals surface area contributed by atoms with E-state index in [2.05, 4.69) is 5.32 Å². The van der Waals surface area contributed by atoms with Gasteiger partial charge in [0.2, 0.25) is 0 Å². The van der Waals surface area contributed by atoms with Gasteiger partial charge in [0.15, 0.2) is 11.6 Å². The van der Waals surface area contributed by atoms with Gasteiger partial charge in [-0.2, -0.15) is 5.26 Å². The van der Waals surface area contributed by atoms with Crippen LogP contribution in [0, 0.1) is 23.0 Å². The molecule has 0 radical (unpaired) electrons. The molecule has 0 aliphatic rings. The molecule has 0 saturated carbocycles. The molecule has 0 heterocycles. The number of anilines is 1. The summed E-state index contributed by atoms with van der Waals surface area (Å²) in [5.74, 6) is -1.70. The van der Waals surface area contributed by atoms with E-state index in [-0.39, 0.29) is 17.8 Å². The highest BCUT2D eigenvalue weighted by atomic mass is 19.1. The maximum Gasteiger partial charge on any atom is 0.150 e. The average Bonchev–Trinajstić information content (AvgIpc) is 2.25. The number of halogens is 2. The zero-order chi connectivity index (χ0) is 14.6. The Labute approximate surface area is 111 Å². The number of rotatable bonds is 5. The lowest BCUT2D eigenvalue weighted by Crippen LogP contribution is -2.43. The number of likely N-dealkylation sites (N-methyl/N-ethyl adjacent to an activating group) is 1. The molecule has 0 spiro atoms. The fourth-order valence-corrected chi connectivity index (χ4v) is 1.82. The van der Waals surface area contributed by atoms with Crippen LogP contribution in [0.25, 0.3) is 0 Å². The van der Waals surface area contributed by atoms with Gasteiger partial charge in [-0.05, 0) is 33.2 Å². The lowest BCUT2D eigenvalue weighted by molar-refractivity contribution is 0.0459. The highest BCUT2D eigenvalue weighted by Crippen LogP contribution is 2.21. The summed E-state index contributed by atoms with van der Waals surface area (Å²) < 4.78 is 27.2. The molecule has 6 heteroatoms. The molecule has 1 aromatic carbocycles. The number of aliphatic hydroxyl groups is 1. The predicted octanol–water partition coefficient (Wildman–Crippen LogP) is 1.56. The van der Waals surface area contributed by atoms with Crippen molar-refractivity contribution in [2.45, 2.75) is 12.5 Å². The first-order valence-electron chi connectivity index (χ1n) is 5.75. The van der Waals surface area contributed by atoms with Crippen molar-refractivity contribution in [2.75, 3.05) is 32.5 Å². The summed E-state index contributed by atoms with van der Waals surface area (Å²) >= 11 is 0. The zero-order valence-electron chi connectivity index (χ0n) is 11.2. The first kappa shape index (κ1) is 15.3. The third-order valence-electron chi connectivity index (χ3n) is 2.47. The van der Waals surface area contributed by atoms with Gasteiger partial charge in [0.25, 0.3) is 0 Å². The average molecular weight is 269 g/mol. The van der Waals surface area contributed by atoms with E-state index in [1.807, 2.05) is 0 Å². The fourth-order valence-electron chi connectivity index (χ4n) is 1.82. The molecule has 1 rings (SSSR count). The van der Waals surface area contributed by atoms with Crippen LogP contribution in [0.1, 0.15) is 12.5 Å². The highest BCUT2D eigenvalue weighted by Gasteiger charge is 2.22. The second kappa shape index (κ2) is 5.95. The SMILES string of the molecule is CN(C)CC(C)(O)CNc1c(F)cc(C#N)cc1F. The van der Waals surface area contributed by atoms with Crippen LogP contribution < -0.4 is 5.32 Å². The number of nitrogens with one attached hydrogen (secondary N) is 1. The minimum absolute atomic E-state index is 0.00901. The van der Waals surface area contributed by atoms with Crippen molar-refractivity contribution in [1.29, 1.82) is 5.26 Å². The summed E-state index contributed by atoms with van der Waals surface area (Å²) in [6, 6.07) is 3.57. The highest BCUT2D eigenvalue weighted by molar-refractivity contribution is 5.50. The molecule has 0 saturated heterocycles. The Morgan fingerprint density at radius 3 is 2.32 bits per heavy atom. The summed E-state index contributed by atoms with van der Waals surface area (Å²) in [6.07, 6.45) is 0. The van der Waals surface area contributed by atoms with Gasteiger partial charge in [0.05, 0.1) is 17.2 Å². The summed E-state index contributed by atoms with van der Waals surface area (Å²) in [5.41, 5.74) is -1.55. The zero-order valence-corrected chi connectivity index (χ0v) is 11.2. The van der Waals surface area contributed by atoms with E-state index in [4.69, 9.17) is 5.26 Å². The van der Waals surface area contributed by atoms with E-state index in [0.29, 0.717) is 6.54 Å². The molecule has 0 bridgehead atoms. The van der Waals surface area contributed by atoms with E-state index in [1.165, 1.54) is 0 Å². The third-order valence-corrected chi connectivity index (χ3v) is 2.47. The smallest absolute Gasteiger partial charge is 0.150 e. The largest absolute Gasteiger partial charge is 0.387 e. The van der Waals surface area contributed by atoms with Gasteiger partial charge >= 0.3 is 0 Å². The number of hydrogen-bond donors (Lipinski definition) is 2. The summed E-state index contributed by atoms with van der Waals surface area (Å²) in [7, 11) is 3.58. The van der Waals surface area contributed by atoms with E-state index in [0.717, 1.165) is 12.1 Å². The maximum absolute atomic E-state index is 13.6. The van der Waals surface area contributed by atoms with Crippen LogP contribution in [0.4, 0.5) is 14.5 Å². The van der Waals surface area contributed by atoms with Crippen molar-refractivity contribution in [3.8, 4) is 6.07 Å². The molecule has 19 heavy (non-hydrogen) atoms. The molecule has 1 atom stereocenters. The molecular weight excluding hydrogens is 252 g/mol. The molecule has 0 amide bonds. The molecule has 1 unspecified atom stereocenters. The minimum atomic E-state index is -1.13. The quantitative estimate of drug-likeness (QED) is 0.851. The predicted molar refractivity (Wildman–Crippen MR) is 68.7 cm³/mol.